The fourth-order valence-corrected chi connectivity index (χ4v) is 3.48. The third-order valence-corrected chi connectivity index (χ3v) is 5.10. The lowest BCUT2D eigenvalue weighted by atomic mass is 10.1. The zero-order valence-corrected chi connectivity index (χ0v) is 17.1. The number of rotatable bonds is 4. The van der Waals surface area contributed by atoms with Crippen molar-refractivity contribution < 1.29 is 9.53 Å². The number of nitrogens with one attached hydrogen (secondary N) is 1. The Morgan fingerprint density at radius 3 is 2.50 bits per heavy atom. The molecule has 1 aliphatic heterocycles. The average Bonchev–Trinajstić information content (AvgIpc) is 2.85. The molecule has 0 bridgehead atoms. The number of hydrogen-bond acceptors (Lipinski definition) is 9. The second kappa shape index (κ2) is 8.52. The number of aromatic nitrogens is 5. The fourth-order valence-electron chi connectivity index (χ4n) is 3.48. The maximum atomic E-state index is 12.3. The molecule has 1 aromatic carbocycles. The highest BCUT2D eigenvalue weighted by Gasteiger charge is 2.19. The Bertz CT molecular complexity index is 1260. The van der Waals surface area contributed by atoms with Crippen LogP contribution in [0, 0.1) is 0 Å². The van der Waals surface area contributed by atoms with E-state index in [1.165, 1.54) is 0 Å². The lowest BCUT2D eigenvalue weighted by Gasteiger charge is -2.28. The van der Waals surface area contributed by atoms with E-state index in [2.05, 4.69) is 30.2 Å². The van der Waals surface area contributed by atoms with Crippen LogP contribution in [0.4, 0.5) is 17.5 Å². The van der Waals surface area contributed by atoms with E-state index in [-0.39, 0.29) is 11.9 Å². The first-order chi connectivity index (χ1) is 15.7. The molecule has 3 N–H and O–H groups in total. The monoisotopic (exact) mass is 428 g/mol. The van der Waals surface area contributed by atoms with Gasteiger partial charge in [0.25, 0.3) is 5.91 Å². The minimum Gasteiger partial charge on any atom is -0.378 e. The minimum absolute atomic E-state index is 0.162. The van der Waals surface area contributed by atoms with Gasteiger partial charge in [0.1, 0.15) is 0 Å². The van der Waals surface area contributed by atoms with Crippen molar-refractivity contribution in [2.75, 3.05) is 42.3 Å². The lowest BCUT2D eigenvalue weighted by molar-refractivity contribution is 0.102. The molecule has 4 heterocycles. The van der Waals surface area contributed by atoms with Crippen LogP contribution in [0.25, 0.3) is 22.4 Å². The summed E-state index contributed by atoms with van der Waals surface area (Å²) in [4.78, 5) is 36.2. The summed E-state index contributed by atoms with van der Waals surface area (Å²) < 4.78 is 5.44. The number of ether oxygens (including phenoxy) is 1. The molecule has 5 rings (SSSR count). The Balaban J connectivity index is 1.43. The molecule has 0 aliphatic carbocycles. The van der Waals surface area contributed by atoms with E-state index in [1.54, 1.807) is 30.7 Å². The van der Waals surface area contributed by atoms with E-state index in [0.29, 0.717) is 60.2 Å². The fraction of sp³-hybridized carbons (Fsp3) is 0.182. The molecule has 0 atom stereocenters. The molecule has 1 amide bonds. The molecular formula is C22H20N8O2. The lowest BCUT2D eigenvalue weighted by Crippen LogP contribution is -2.37. The normalized spacial score (nSPS) is 13.8. The van der Waals surface area contributed by atoms with Crippen molar-refractivity contribution in [1.29, 1.82) is 0 Å². The van der Waals surface area contributed by atoms with Crippen LogP contribution in [-0.2, 0) is 4.74 Å². The maximum Gasteiger partial charge on any atom is 0.255 e. The molecule has 3 aromatic heterocycles. The number of morpholine rings is 1. The van der Waals surface area contributed by atoms with Gasteiger partial charge >= 0.3 is 0 Å². The molecule has 0 radical (unpaired) electrons. The van der Waals surface area contributed by atoms with Gasteiger partial charge in [0.2, 0.25) is 5.95 Å². The zero-order chi connectivity index (χ0) is 21.9. The molecule has 0 spiro atoms. The summed E-state index contributed by atoms with van der Waals surface area (Å²) >= 11 is 0. The molecule has 32 heavy (non-hydrogen) atoms. The number of amides is 1. The van der Waals surface area contributed by atoms with E-state index in [1.807, 2.05) is 24.3 Å². The highest BCUT2D eigenvalue weighted by atomic mass is 16.5. The van der Waals surface area contributed by atoms with Crippen LogP contribution in [0.5, 0.6) is 0 Å². The van der Waals surface area contributed by atoms with Crippen molar-refractivity contribution in [3.8, 4) is 11.3 Å². The summed E-state index contributed by atoms with van der Waals surface area (Å²) in [6.45, 7) is 2.63. The molecular weight excluding hydrogens is 408 g/mol. The average molecular weight is 428 g/mol. The molecule has 0 unspecified atom stereocenters. The highest BCUT2D eigenvalue weighted by Crippen LogP contribution is 2.26. The summed E-state index contributed by atoms with van der Waals surface area (Å²) in [5.74, 6) is 0.622. The van der Waals surface area contributed by atoms with Crippen LogP contribution >= 0.6 is 0 Å². The van der Waals surface area contributed by atoms with Crippen molar-refractivity contribution in [3.05, 3.63) is 60.6 Å². The number of benzene rings is 1. The SMILES string of the molecule is Nc1nc(N2CCOCC2)c2nc(-c3ccc(NC(=O)c4ccncc4)cc3)cnc2n1. The number of nitrogens with zero attached hydrogens (tertiary/aromatic N) is 6. The summed E-state index contributed by atoms with van der Waals surface area (Å²) in [5.41, 5.74) is 9.68. The van der Waals surface area contributed by atoms with Crippen molar-refractivity contribution in [2.45, 2.75) is 0 Å². The predicted molar refractivity (Wildman–Crippen MR) is 120 cm³/mol. The van der Waals surface area contributed by atoms with E-state index in [0.717, 1.165) is 5.56 Å². The van der Waals surface area contributed by atoms with Gasteiger partial charge in [-0.15, -0.1) is 0 Å². The van der Waals surface area contributed by atoms with Crippen LogP contribution in [0.3, 0.4) is 0 Å². The first kappa shape index (κ1) is 19.8. The Labute approximate surface area is 183 Å². The van der Waals surface area contributed by atoms with Crippen LogP contribution in [-0.4, -0.2) is 57.1 Å². The van der Waals surface area contributed by atoms with E-state index in [9.17, 15) is 4.79 Å². The Hall–Kier alpha value is -4.18. The second-order valence-electron chi connectivity index (χ2n) is 7.20. The quantitative estimate of drug-likeness (QED) is 0.502. The van der Waals surface area contributed by atoms with Gasteiger partial charge in [-0.3, -0.25) is 9.78 Å². The number of hydrogen-bond donors (Lipinski definition) is 2. The number of carbonyl (C=O) groups is 1. The predicted octanol–water partition coefficient (Wildman–Crippen LogP) is 2.15. The summed E-state index contributed by atoms with van der Waals surface area (Å²) in [5, 5.41) is 2.87. The van der Waals surface area contributed by atoms with Gasteiger partial charge in [0, 0.05) is 42.3 Å². The molecule has 10 heteroatoms. The molecule has 4 aromatic rings. The van der Waals surface area contributed by atoms with Crippen molar-refractivity contribution in [1.82, 2.24) is 24.9 Å². The van der Waals surface area contributed by atoms with Crippen LogP contribution in [0.1, 0.15) is 10.4 Å². The largest absolute Gasteiger partial charge is 0.378 e. The first-order valence-corrected chi connectivity index (χ1v) is 10.1. The van der Waals surface area contributed by atoms with E-state index >= 15 is 0 Å². The van der Waals surface area contributed by atoms with Gasteiger partial charge in [-0.05, 0) is 24.3 Å². The zero-order valence-electron chi connectivity index (χ0n) is 17.1. The number of fused-ring (bicyclic) bond motifs is 1. The third-order valence-electron chi connectivity index (χ3n) is 5.10. The van der Waals surface area contributed by atoms with Crippen LogP contribution in [0.15, 0.2) is 55.0 Å². The van der Waals surface area contributed by atoms with Crippen molar-refractivity contribution in [3.63, 3.8) is 0 Å². The molecule has 1 fully saturated rings. The molecule has 10 nitrogen and oxygen atoms in total. The number of pyridine rings is 1. The van der Waals surface area contributed by atoms with Gasteiger partial charge in [-0.2, -0.15) is 9.97 Å². The van der Waals surface area contributed by atoms with E-state index < -0.39 is 0 Å². The summed E-state index contributed by atoms with van der Waals surface area (Å²) in [6, 6.07) is 10.7. The van der Waals surface area contributed by atoms with Gasteiger partial charge in [0.05, 0.1) is 25.1 Å². The number of nitrogens with two attached hydrogens (primary N) is 1. The standard InChI is InChI=1S/C22H20N8O2/c23-22-28-19-18(20(29-22)30-9-11-32-12-10-30)27-17(13-25-19)14-1-3-16(4-2-14)26-21(31)15-5-7-24-8-6-15/h1-8,13H,9-12H2,(H,26,31)(H2,23,25,28,29). The Morgan fingerprint density at radius 2 is 1.75 bits per heavy atom. The number of nitrogen functional groups attached to an aromatic ring is 1. The summed E-state index contributed by atoms with van der Waals surface area (Å²) in [6.07, 6.45) is 4.82. The first-order valence-electron chi connectivity index (χ1n) is 10.1. The molecule has 1 saturated heterocycles. The Kier molecular flexibility index (Phi) is 5.26. The molecule has 1 aliphatic rings. The van der Waals surface area contributed by atoms with Crippen LogP contribution < -0.4 is 16.0 Å². The van der Waals surface area contributed by atoms with Gasteiger partial charge < -0.3 is 20.7 Å². The van der Waals surface area contributed by atoms with Gasteiger partial charge in [0.15, 0.2) is 17.0 Å². The Morgan fingerprint density at radius 1 is 1.00 bits per heavy atom. The van der Waals surface area contributed by atoms with E-state index in [4.69, 9.17) is 15.5 Å². The van der Waals surface area contributed by atoms with Gasteiger partial charge in [-0.25, -0.2) is 9.97 Å². The minimum atomic E-state index is -0.199. The smallest absolute Gasteiger partial charge is 0.255 e. The highest BCUT2D eigenvalue weighted by molar-refractivity contribution is 6.04. The van der Waals surface area contributed by atoms with Crippen molar-refractivity contribution >= 4 is 34.5 Å². The second-order valence-corrected chi connectivity index (χ2v) is 7.20. The van der Waals surface area contributed by atoms with Gasteiger partial charge in [-0.1, -0.05) is 12.1 Å². The topological polar surface area (TPSA) is 132 Å². The molecule has 160 valence electrons. The third kappa shape index (κ3) is 4.03. The number of carbonyl (C=O) groups excluding carboxylic acids is 1. The van der Waals surface area contributed by atoms with Crippen molar-refractivity contribution in [2.24, 2.45) is 0 Å². The number of anilines is 3. The maximum absolute atomic E-state index is 12.3. The summed E-state index contributed by atoms with van der Waals surface area (Å²) in [7, 11) is 0. The van der Waals surface area contributed by atoms with Crippen LogP contribution in [0.2, 0.25) is 0 Å². The molecule has 0 saturated carbocycles.